The third-order valence-corrected chi connectivity index (χ3v) is 4.06. The molecular weight excluding hydrogens is 192 g/mol. The molecule has 1 atom stereocenters. The molecule has 1 unspecified atom stereocenters. The van der Waals surface area contributed by atoms with E-state index in [1.54, 1.807) is 0 Å². The summed E-state index contributed by atoms with van der Waals surface area (Å²) in [6.45, 7) is 2.26. The summed E-state index contributed by atoms with van der Waals surface area (Å²) in [5, 5.41) is 3.43. The van der Waals surface area contributed by atoms with Gasteiger partial charge in [-0.2, -0.15) is 0 Å². The normalized spacial score (nSPS) is 34.5. The summed E-state index contributed by atoms with van der Waals surface area (Å²) < 4.78 is 5.35. The van der Waals surface area contributed by atoms with E-state index >= 15 is 0 Å². The number of ether oxygens (including phenoxy) is 1. The van der Waals surface area contributed by atoms with E-state index in [0.29, 0.717) is 11.9 Å². The smallest absolute Gasteiger partial charge is 0.244 e. The summed E-state index contributed by atoms with van der Waals surface area (Å²) in [7, 11) is 0. The summed E-state index contributed by atoms with van der Waals surface area (Å²) in [6, 6.07) is 0.324. The Morgan fingerprint density at radius 1 is 1.40 bits per heavy atom. The lowest BCUT2D eigenvalue weighted by atomic mass is 9.97. The van der Waals surface area contributed by atoms with E-state index in [4.69, 9.17) is 4.74 Å². The van der Waals surface area contributed by atoms with Gasteiger partial charge in [0, 0.05) is 6.61 Å². The van der Waals surface area contributed by atoms with E-state index in [-0.39, 0.29) is 5.54 Å². The largest absolute Gasteiger partial charge is 0.379 e. The third kappa shape index (κ3) is 1.39. The number of hydrogen-bond acceptors (Lipinski definition) is 3. The van der Waals surface area contributed by atoms with E-state index in [1.807, 2.05) is 4.90 Å². The first-order valence-corrected chi connectivity index (χ1v) is 5.96. The van der Waals surface area contributed by atoms with Crippen LogP contribution in [0.3, 0.4) is 0 Å². The summed E-state index contributed by atoms with van der Waals surface area (Å²) in [5.41, 5.74) is -0.192. The molecule has 2 heterocycles. The summed E-state index contributed by atoms with van der Waals surface area (Å²) in [6.07, 6.45) is 5.43. The summed E-state index contributed by atoms with van der Waals surface area (Å²) in [5.74, 6) is 0.329. The maximum absolute atomic E-state index is 12.3. The number of carbonyl (C=O) groups excluding carboxylic acids is 1. The van der Waals surface area contributed by atoms with Crippen LogP contribution in [0.1, 0.15) is 32.1 Å². The topological polar surface area (TPSA) is 41.6 Å². The van der Waals surface area contributed by atoms with Crippen molar-refractivity contribution in [2.45, 2.75) is 43.7 Å². The van der Waals surface area contributed by atoms with Gasteiger partial charge in [0.15, 0.2) is 0 Å². The zero-order chi connectivity index (χ0) is 10.3. The van der Waals surface area contributed by atoms with Gasteiger partial charge in [-0.25, -0.2) is 0 Å². The van der Waals surface area contributed by atoms with Crippen molar-refractivity contribution in [3.05, 3.63) is 0 Å². The van der Waals surface area contributed by atoms with Crippen LogP contribution in [-0.4, -0.2) is 42.3 Å². The number of hydrogen-bond donors (Lipinski definition) is 1. The lowest BCUT2D eigenvalue weighted by Gasteiger charge is -2.24. The number of nitrogens with zero attached hydrogens (tertiary/aromatic N) is 1. The van der Waals surface area contributed by atoms with E-state index in [0.717, 1.165) is 39.1 Å². The molecule has 0 bridgehead atoms. The SMILES string of the molecule is O=C1N(C2CCOC2)CNC12CCCC2. The Labute approximate surface area is 90.0 Å². The second-order valence-electron chi connectivity index (χ2n) is 4.92. The minimum Gasteiger partial charge on any atom is -0.379 e. The zero-order valence-electron chi connectivity index (χ0n) is 9.00. The Bertz CT molecular complexity index is 268. The highest BCUT2D eigenvalue weighted by molar-refractivity contribution is 5.89. The molecule has 2 aliphatic heterocycles. The lowest BCUT2D eigenvalue weighted by Crippen LogP contribution is -2.45. The Morgan fingerprint density at radius 3 is 2.87 bits per heavy atom. The van der Waals surface area contributed by atoms with Gasteiger partial charge in [-0.1, -0.05) is 12.8 Å². The Morgan fingerprint density at radius 2 is 2.20 bits per heavy atom. The minimum atomic E-state index is -0.192. The number of carbonyl (C=O) groups is 1. The van der Waals surface area contributed by atoms with E-state index in [1.165, 1.54) is 12.8 Å². The van der Waals surface area contributed by atoms with E-state index < -0.39 is 0 Å². The predicted octanol–water partition coefficient (Wildman–Crippen LogP) is 0.477. The minimum absolute atomic E-state index is 0.192. The molecule has 1 aliphatic carbocycles. The maximum atomic E-state index is 12.3. The zero-order valence-corrected chi connectivity index (χ0v) is 9.00. The first kappa shape index (κ1) is 9.60. The monoisotopic (exact) mass is 210 g/mol. The highest BCUT2D eigenvalue weighted by atomic mass is 16.5. The molecule has 0 radical (unpaired) electrons. The molecule has 0 aromatic carbocycles. The predicted molar refractivity (Wildman–Crippen MR) is 55.3 cm³/mol. The molecule has 1 saturated carbocycles. The van der Waals surface area contributed by atoms with Gasteiger partial charge < -0.3 is 9.64 Å². The highest BCUT2D eigenvalue weighted by Crippen LogP contribution is 2.35. The lowest BCUT2D eigenvalue weighted by molar-refractivity contribution is -0.134. The van der Waals surface area contributed by atoms with Gasteiger partial charge in [-0.15, -0.1) is 0 Å². The van der Waals surface area contributed by atoms with Crippen molar-refractivity contribution in [1.29, 1.82) is 0 Å². The average molecular weight is 210 g/mol. The van der Waals surface area contributed by atoms with Crippen molar-refractivity contribution in [1.82, 2.24) is 10.2 Å². The van der Waals surface area contributed by atoms with Gasteiger partial charge in [0.1, 0.15) is 0 Å². The van der Waals surface area contributed by atoms with Gasteiger partial charge in [0.2, 0.25) is 5.91 Å². The van der Waals surface area contributed by atoms with Crippen molar-refractivity contribution >= 4 is 5.91 Å². The molecule has 3 rings (SSSR count). The van der Waals surface area contributed by atoms with Crippen LogP contribution in [0.2, 0.25) is 0 Å². The van der Waals surface area contributed by atoms with Crippen LogP contribution in [0.25, 0.3) is 0 Å². The number of amides is 1. The van der Waals surface area contributed by atoms with Gasteiger partial charge in [-0.3, -0.25) is 10.1 Å². The number of nitrogens with one attached hydrogen (secondary N) is 1. The second kappa shape index (κ2) is 3.46. The second-order valence-corrected chi connectivity index (χ2v) is 4.92. The molecule has 0 aromatic rings. The van der Waals surface area contributed by atoms with Crippen molar-refractivity contribution in [3.8, 4) is 0 Å². The fraction of sp³-hybridized carbons (Fsp3) is 0.909. The Balaban J connectivity index is 1.75. The molecule has 2 saturated heterocycles. The fourth-order valence-electron chi connectivity index (χ4n) is 3.09. The fourth-order valence-corrected chi connectivity index (χ4v) is 3.09. The maximum Gasteiger partial charge on any atom is 0.244 e. The van der Waals surface area contributed by atoms with Crippen molar-refractivity contribution < 1.29 is 9.53 Å². The molecule has 3 aliphatic rings. The van der Waals surface area contributed by atoms with Crippen LogP contribution in [0.15, 0.2) is 0 Å². The van der Waals surface area contributed by atoms with Crippen LogP contribution < -0.4 is 5.32 Å². The first-order valence-electron chi connectivity index (χ1n) is 5.96. The summed E-state index contributed by atoms with van der Waals surface area (Å²) in [4.78, 5) is 14.3. The van der Waals surface area contributed by atoms with Gasteiger partial charge in [0.25, 0.3) is 0 Å². The molecule has 4 nitrogen and oxygen atoms in total. The van der Waals surface area contributed by atoms with Crippen molar-refractivity contribution in [2.75, 3.05) is 19.9 Å². The van der Waals surface area contributed by atoms with Gasteiger partial charge in [0.05, 0.1) is 24.9 Å². The highest BCUT2D eigenvalue weighted by Gasteiger charge is 2.49. The quantitative estimate of drug-likeness (QED) is 0.684. The first-order chi connectivity index (χ1) is 7.32. The Kier molecular flexibility index (Phi) is 2.21. The molecule has 15 heavy (non-hydrogen) atoms. The van der Waals surface area contributed by atoms with Crippen molar-refractivity contribution in [2.24, 2.45) is 0 Å². The van der Waals surface area contributed by atoms with Gasteiger partial charge in [-0.05, 0) is 19.3 Å². The molecule has 4 heteroatoms. The van der Waals surface area contributed by atoms with Crippen LogP contribution in [0.4, 0.5) is 0 Å². The summed E-state index contributed by atoms with van der Waals surface area (Å²) >= 11 is 0. The van der Waals surface area contributed by atoms with E-state index in [2.05, 4.69) is 5.32 Å². The molecule has 3 fully saturated rings. The average Bonchev–Trinajstić information content (AvgIpc) is 2.93. The van der Waals surface area contributed by atoms with Crippen LogP contribution >= 0.6 is 0 Å². The van der Waals surface area contributed by atoms with Crippen LogP contribution in [-0.2, 0) is 9.53 Å². The Hall–Kier alpha value is -0.610. The molecule has 1 amide bonds. The van der Waals surface area contributed by atoms with Crippen LogP contribution in [0.5, 0.6) is 0 Å². The number of rotatable bonds is 1. The van der Waals surface area contributed by atoms with E-state index in [9.17, 15) is 4.79 Å². The standard InChI is InChI=1S/C11H18N2O2/c14-10-11(4-1-2-5-11)12-8-13(10)9-3-6-15-7-9/h9,12H,1-8H2. The van der Waals surface area contributed by atoms with Crippen LogP contribution in [0, 0.1) is 0 Å². The van der Waals surface area contributed by atoms with Gasteiger partial charge >= 0.3 is 0 Å². The third-order valence-electron chi connectivity index (χ3n) is 4.06. The molecular formula is C11H18N2O2. The van der Waals surface area contributed by atoms with Crippen molar-refractivity contribution in [3.63, 3.8) is 0 Å². The molecule has 1 N–H and O–H groups in total. The molecule has 0 aromatic heterocycles. The molecule has 1 spiro atoms. The molecule has 84 valence electrons.